The van der Waals surface area contributed by atoms with Gasteiger partial charge in [0.25, 0.3) is 0 Å². The zero-order valence-corrected chi connectivity index (χ0v) is 15.9. The van der Waals surface area contributed by atoms with E-state index in [-0.39, 0.29) is 23.1 Å². The van der Waals surface area contributed by atoms with Crippen molar-refractivity contribution in [1.82, 2.24) is 0 Å². The molecule has 0 atom stereocenters. The second kappa shape index (κ2) is 9.70. The van der Waals surface area contributed by atoms with Gasteiger partial charge in [-0.1, -0.05) is 35.3 Å². The highest BCUT2D eigenvalue weighted by Gasteiger charge is 2.12. The molecule has 0 spiro atoms. The van der Waals surface area contributed by atoms with Crippen LogP contribution in [-0.4, -0.2) is 24.2 Å². The van der Waals surface area contributed by atoms with Crippen molar-refractivity contribution in [2.75, 3.05) is 17.7 Å². The van der Waals surface area contributed by atoms with Gasteiger partial charge in [0.05, 0.1) is 22.9 Å². The second-order valence-corrected chi connectivity index (χ2v) is 6.92. The van der Waals surface area contributed by atoms with E-state index in [9.17, 15) is 9.59 Å². The minimum atomic E-state index is -0.484. The van der Waals surface area contributed by atoms with E-state index in [0.717, 1.165) is 5.56 Å². The number of nitrogens with one attached hydrogen (secondary N) is 1. The number of hydrogen-bond acceptors (Lipinski definition) is 4. The van der Waals surface area contributed by atoms with Crippen molar-refractivity contribution in [3.05, 3.63) is 63.6 Å². The van der Waals surface area contributed by atoms with E-state index >= 15 is 0 Å². The van der Waals surface area contributed by atoms with Crippen molar-refractivity contribution in [2.24, 2.45) is 0 Å². The van der Waals surface area contributed by atoms with Crippen LogP contribution in [0.25, 0.3) is 0 Å². The average Bonchev–Trinajstić information content (AvgIpc) is 2.55. The molecule has 0 aliphatic rings. The SMILES string of the molecule is CCOC(=O)c1ccc(NC(=O)CSCc2cccc(Cl)c2)cc1Cl. The molecule has 2 rings (SSSR count). The molecular weight excluding hydrogens is 381 g/mol. The first-order valence-corrected chi connectivity index (χ1v) is 9.49. The Morgan fingerprint density at radius 3 is 2.64 bits per heavy atom. The summed E-state index contributed by atoms with van der Waals surface area (Å²) in [6.45, 7) is 2.00. The maximum atomic E-state index is 12.0. The van der Waals surface area contributed by atoms with Crippen molar-refractivity contribution in [1.29, 1.82) is 0 Å². The third kappa shape index (κ3) is 6.27. The Kier molecular flexibility index (Phi) is 7.62. The lowest BCUT2D eigenvalue weighted by Gasteiger charge is -2.08. The van der Waals surface area contributed by atoms with Crippen molar-refractivity contribution in [2.45, 2.75) is 12.7 Å². The van der Waals surface area contributed by atoms with Crippen LogP contribution in [0.1, 0.15) is 22.8 Å². The van der Waals surface area contributed by atoms with E-state index in [1.54, 1.807) is 13.0 Å². The number of thioether (sulfide) groups is 1. The summed E-state index contributed by atoms with van der Waals surface area (Å²) in [5.74, 6) is 0.356. The van der Waals surface area contributed by atoms with Crippen molar-refractivity contribution >= 4 is 52.5 Å². The normalized spacial score (nSPS) is 10.4. The van der Waals surface area contributed by atoms with E-state index in [1.165, 1.54) is 23.9 Å². The van der Waals surface area contributed by atoms with Gasteiger partial charge >= 0.3 is 5.97 Å². The second-order valence-electron chi connectivity index (χ2n) is 5.09. The van der Waals surface area contributed by atoms with Crippen LogP contribution < -0.4 is 5.32 Å². The van der Waals surface area contributed by atoms with Crippen LogP contribution in [0.4, 0.5) is 5.69 Å². The molecule has 132 valence electrons. The lowest BCUT2D eigenvalue weighted by Crippen LogP contribution is -2.14. The van der Waals surface area contributed by atoms with Crippen LogP contribution >= 0.6 is 35.0 Å². The van der Waals surface area contributed by atoms with Gasteiger partial charge in [0.1, 0.15) is 0 Å². The third-order valence-corrected chi connectivity index (χ3v) is 4.69. The van der Waals surface area contributed by atoms with Crippen LogP contribution in [0.2, 0.25) is 10.0 Å². The highest BCUT2D eigenvalue weighted by atomic mass is 35.5. The Balaban J connectivity index is 1.86. The Morgan fingerprint density at radius 2 is 1.96 bits per heavy atom. The molecular formula is C18H17Cl2NO3S. The highest BCUT2D eigenvalue weighted by Crippen LogP contribution is 2.22. The lowest BCUT2D eigenvalue weighted by atomic mass is 10.2. The fourth-order valence-corrected chi connectivity index (χ4v) is 3.30. The highest BCUT2D eigenvalue weighted by molar-refractivity contribution is 7.99. The molecule has 2 aromatic rings. The monoisotopic (exact) mass is 397 g/mol. The largest absolute Gasteiger partial charge is 0.462 e. The topological polar surface area (TPSA) is 55.4 Å². The Bertz CT molecular complexity index is 768. The summed E-state index contributed by atoms with van der Waals surface area (Å²) in [4.78, 5) is 23.7. The summed E-state index contributed by atoms with van der Waals surface area (Å²) in [5.41, 5.74) is 1.87. The quantitative estimate of drug-likeness (QED) is 0.664. The summed E-state index contributed by atoms with van der Waals surface area (Å²) in [7, 11) is 0. The first-order chi connectivity index (χ1) is 12.0. The van der Waals surface area contributed by atoms with Crippen LogP contribution in [0, 0.1) is 0 Å². The number of hydrogen-bond donors (Lipinski definition) is 1. The molecule has 4 nitrogen and oxygen atoms in total. The maximum absolute atomic E-state index is 12.0. The van der Waals surface area contributed by atoms with Crippen LogP contribution in [0.15, 0.2) is 42.5 Å². The Labute approximate surface area is 160 Å². The van der Waals surface area contributed by atoms with E-state index in [4.69, 9.17) is 27.9 Å². The number of esters is 1. The average molecular weight is 398 g/mol. The summed E-state index contributed by atoms with van der Waals surface area (Å²) in [5, 5.41) is 3.67. The van der Waals surface area contributed by atoms with Gasteiger partial charge in [-0.25, -0.2) is 4.79 Å². The summed E-state index contributed by atoms with van der Waals surface area (Å²) in [6, 6.07) is 12.2. The van der Waals surface area contributed by atoms with E-state index in [0.29, 0.717) is 22.2 Å². The van der Waals surface area contributed by atoms with Gasteiger partial charge in [-0.05, 0) is 42.8 Å². The Morgan fingerprint density at radius 1 is 1.16 bits per heavy atom. The van der Waals surface area contributed by atoms with Crippen molar-refractivity contribution in [3.63, 3.8) is 0 Å². The van der Waals surface area contributed by atoms with Crippen LogP contribution in [0.5, 0.6) is 0 Å². The predicted molar refractivity (Wildman–Crippen MR) is 104 cm³/mol. The number of benzene rings is 2. The number of amides is 1. The van der Waals surface area contributed by atoms with Gasteiger partial charge in [-0.2, -0.15) is 0 Å². The smallest absolute Gasteiger partial charge is 0.339 e. The minimum Gasteiger partial charge on any atom is -0.462 e. The first kappa shape index (κ1) is 19.6. The summed E-state index contributed by atoms with van der Waals surface area (Å²) >= 11 is 13.5. The molecule has 0 unspecified atom stereocenters. The predicted octanol–water partition coefficient (Wildman–Crippen LogP) is 5.04. The van der Waals surface area contributed by atoms with Crippen molar-refractivity contribution in [3.8, 4) is 0 Å². The number of halogens is 2. The maximum Gasteiger partial charge on any atom is 0.339 e. The summed E-state index contributed by atoms with van der Waals surface area (Å²) < 4.78 is 4.91. The van der Waals surface area contributed by atoms with E-state index in [1.807, 2.05) is 24.3 Å². The van der Waals surface area contributed by atoms with Crippen LogP contribution in [-0.2, 0) is 15.3 Å². The van der Waals surface area contributed by atoms with E-state index < -0.39 is 5.97 Å². The molecule has 1 amide bonds. The zero-order chi connectivity index (χ0) is 18.2. The van der Waals surface area contributed by atoms with E-state index in [2.05, 4.69) is 5.32 Å². The third-order valence-electron chi connectivity index (χ3n) is 3.14. The number of carbonyl (C=O) groups excluding carboxylic acids is 2. The molecule has 2 aromatic carbocycles. The van der Waals surface area contributed by atoms with Gasteiger partial charge < -0.3 is 10.1 Å². The molecule has 0 aliphatic carbocycles. The number of ether oxygens (including phenoxy) is 1. The van der Waals surface area contributed by atoms with Crippen LogP contribution in [0.3, 0.4) is 0 Å². The molecule has 0 heterocycles. The van der Waals surface area contributed by atoms with Gasteiger partial charge in [0.2, 0.25) is 5.91 Å². The van der Waals surface area contributed by atoms with Gasteiger partial charge in [-0.15, -0.1) is 11.8 Å². The molecule has 0 bridgehead atoms. The number of rotatable bonds is 7. The first-order valence-electron chi connectivity index (χ1n) is 7.58. The van der Waals surface area contributed by atoms with Gasteiger partial charge in [-0.3, -0.25) is 4.79 Å². The van der Waals surface area contributed by atoms with Crippen molar-refractivity contribution < 1.29 is 14.3 Å². The molecule has 1 N–H and O–H groups in total. The molecule has 0 saturated heterocycles. The molecule has 0 aliphatic heterocycles. The fourth-order valence-electron chi connectivity index (χ4n) is 2.05. The molecule has 0 saturated carbocycles. The molecule has 7 heteroatoms. The molecule has 0 aromatic heterocycles. The van der Waals surface area contributed by atoms with Gasteiger partial charge in [0, 0.05) is 16.5 Å². The standard InChI is InChI=1S/C18H17Cl2NO3S/c1-2-24-18(23)15-7-6-14(9-16(15)20)21-17(22)11-25-10-12-4-3-5-13(19)8-12/h3-9H,2,10-11H2,1H3,(H,21,22). The molecule has 0 radical (unpaired) electrons. The zero-order valence-electron chi connectivity index (χ0n) is 13.6. The Hall–Kier alpha value is -1.69. The molecule has 0 fully saturated rings. The molecule has 25 heavy (non-hydrogen) atoms. The number of anilines is 1. The number of carbonyl (C=O) groups is 2. The lowest BCUT2D eigenvalue weighted by molar-refractivity contribution is -0.113. The summed E-state index contributed by atoms with van der Waals surface area (Å²) in [6.07, 6.45) is 0. The fraction of sp³-hybridized carbons (Fsp3) is 0.222. The van der Waals surface area contributed by atoms with Gasteiger partial charge in [0.15, 0.2) is 0 Å². The minimum absolute atomic E-state index is 0.146.